The normalized spacial score (nSPS) is 27.6. The standard InChI is InChI=1S/C28H35Cl2NO6S/c1-28(2,3)38(35,36)16-22(17-6-4-7-17)31-25(18-10-12-20(29)13-11-18)26(19-8-5-9-21(30)14-19)37-23(27(31)34)15-24(32)33/h5,8-10,12-14,17-18,22-23,25-26H,4,6-7,11,15-16H2,1-3H3,(H,32,33). The van der Waals surface area contributed by atoms with Crippen LogP contribution in [0.2, 0.25) is 5.02 Å². The zero-order valence-corrected chi connectivity index (χ0v) is 24.2. The summed E-state index contributed by atoms with van der Waals surface area (Å²) in [5, 5.41) is 10.7. The van der Waals surface area contributed by atoms with Crippen LogP contribution < -0.4 is 0 Å². The average molecular weight is 585 g/mol. The summed E-state index contributed by atoms with van der Waals surface area (Å²) >= 11 is 12.6. The summed E-state index contributed by atoms with van der Waals surface area (Å²) in [6, 6.07) is 5.92. The molecule has 7 nitrogen and oxygen atoms in total. The molecule has 1 aliphatic heterocycles. The van der Waals surface area contributed by atoms with Crippen LogP contribution in [0, 0.1) is 11.8 Å². The van der Waals surface area contributed by atoms with Gasteiger partial charge in [-0.2, -0.15) is 0 Å². The van der Waals surface area contributed by atoms with Gasteiger partial charge in [-0.1, -0.05) is 53.9 Å². The molecule has 1 aromatic carbocycles. The van der Waals surface area contributed by atoms with Crippen LogP contribution in [0.3, 0.4) is 0 Å². The van der Waals surface area contributed by atoms with Crippen LogP contribution in [0.1, 0.15) is 64.5 Å². The van der Waals surface area contributed by atoms with Gasteiger partial charge < -0.3 is 14.7 Å². The molecule has 38 heavy (non-hydrogen) atoms. The molecule has 0 aromatic heterocycles. The molecule has 1 N–H and O–H groups in total. The first-order valence-electron chi connectivity index (χ1n) is 13.0. The third-order valence-electron chi connectivity index (χ3n) is 7.91. The van der Waals surface area contributed by atoms with Crippen molar-refractivity contribution >= 4 is 44.9 Å². The van der Waals surface area contributed by atoms with Gasteiger partial charge >= 0.3 is 5.97 Å². The van der Waals surface area contributed by atoms with Gasteiger partial charge in [0.15, 0.2) is 9.84 Å². The van der Waals surface area contributed by atoms with Crippen molar-refractivity contribution < 1.29 is 27.9 Å². The van der Waals surface area contributed by atoms with Crippen molar-refractivity contribution in [3.63, 3.8) is 0 Å². The Hall–Kier alpha value is -1.87. The zero-order valence-electron chi connectivity index (χ0n) is 21.8. The quantitative estimate of drug-likeness (QED) is 0.431. The number of nitrogens with zero attached hydrogens (tertiary/aromatic N) is 1. The van der Waals surface area contributed by atoms with Crippen LogP contribution in [-0.4, -0.2) is 59.0 Å². The predicted octanol–water partition coefficient (Wildman–Crippen LogP) is 5.53. The number of ether oxygens (including phenoxy) is 1. The minimum absolute atomic E-state index is 0.00568. The summed E-state index contributed by atoms with van der Waals surface area (Å²) in [7, 11) is -3.61. The number of rotatable bonds is 8. The third kappa shape index (κ3) is 6.14. The minimum Gasteiger partial charge on any atom is -0.481 e. The molecule has 5 unspecified atom stereocenters. The number of morpholine rings is 1. The molecule has 208 valence electrons. The third-order valence-corrected chi connectivity index (χ3v) is 11.1. The highest BCUT2D eigenvalue weighted by Crippen LogP contribution is 2.45. The van der Waals surface area contributed by atoms with Crippen LogP contribution in [0.15, 0.2) is 47.5 Å². The van der Waals surface area contributed by atoms with Crippen molar-refractivity contribution in [1.29, 1.82) is 0 Å². The van der Waals surface area contributed by atoms with E-state index in [1.807, 2.05) is 18.2 Å². The highest BCUT2D eigenvalue weighted by atomic mass is 35.5. The molecule has 10 heteroatoms. The number of carbonyl (C=O) groups is 2. The van der Waals surface area contributed by atoms with E-state index in [1.165, 1.54) is 0 Å². The minimum atomic E-state index is -3.61. The monoisotopic (exact) mass is 583 g/mol. The highest BCUT2D eigenvalue weighted by Gasteiger charge is 2.52. The Kier molecular flexibility index (Phi) is 8.67. The Morgan fingerprint density at radius 3 is 2.47 bits per heavy atom. The molecule has 2 aliphatic carbocycles. The number of carbonyl (C=O) groups excluding carboxylic acids is 1. The van der Waals surface area contributed by atoms with Crippen molar-refractivity contribution in [1.82, 2.24) is 4.90 Å². The van der Waals surface area contributed by atoms with Crippen molar-refractivity contribution in [3.8, 4) is 0 Å². The zero-order chi connectivity index (χ0) is 27.8. The average Bonchev–Trinajstić information content (AvgIpc) is 2.78. The van der Waals surface area contributed by atoms with Crippen molar-refractivity contribution in [2.45, 2.75) is 81.9 Å². The second-order valence-corrected chi connectivity index (χ2v) is 15.1. The summed E-state index contributed by atoms with van der Waals surface area (Å²) < 4.78 is 32.3. The molecule has 0 spiro atoms. The maximum atomic E-state index is 14.1. The van der Waals surface area contributed by atoms with Crippen molar-refractivity contribution in [2.75, 3.05) is 5.75 Å². The van der Waals surface area contributed by atoms with Crippen molar-refractivity contribution in [3.05, 3.63) is 58.1 Å². The van der Waals surface area contributed by atoms with Gasteiger partial charge in [0.05, 0.1) is 23.0 Å². The molecule has 1 amide bonds. The molecule has 1 saturated carbocycles. The van der Waals surface area contributed by atoms with E-state index in [2.05, 4.69) is 0 Å². The molecule has 3 aliphatic rings. The van der Waals surface area contributed by atoms with E-state index >= 15 is 0 Å². The van der Waals surface area contributed by atoms with Crippen molar-refractivity contribution in [2.24, 2.45) is 11.8 Å². The molecule has 2 fully saturated rings. The summed E-state index contributed by atoms with van der Waals surface area (Å²) in [5.74, 6) is -2.07. The summed E-state index contributed by atoms with van der Waals surface area (Å²) in [6.45, 7) is 4.99. The number of sulfone groups is 1. The van der Waals surface area contributed by atoms with E-state index in [0.717, 1.165) is 19.3 Å². The van der Waals surface area contributed by atoms with Gasteiger partial charge in [-0.15, -0.1) is 0 Å². The highest BCUT2D eigenvalue weighted by molar-refractivity contribution is 7.92. The molecule has 4 rings (SSSR count). The lowest BCUT2D eigenvalue weighted by molar-refractivity contribution is -0.188. The van der Waals surface area contributed by atoms with Gasteiger partial charge in [-0.05, 0) is 69.7 Å². The number of aliphatic carboxylic acids is 1. The smallest absolute Gasteiger partial charge is 0.306 e. The molecular weight excluding hydrogens is 549 g/mol. The van der Waals surface area contributed by atoms with Gasteiger partial charge in [-0.25, -0.2) is 8.42 Å². The number of amides is 1. The summed E-state index contributed by atoms with van der Waals surface area (Å²) in [6.07, 6.45) is 6.19. The SMILES string of the molecule is CC(C)(C)S(=O)(=O)CC(C1CCC1)N1C(=O)C(CC(=O)O)OC(c2cccc(Cl)c2)C1C1C=CC(Cl)=CC1. The summed E-state index contributed by atoms with van der Waals surface area (Å²) in [4.78, 5) is 27.5. The second-order valence-electron chi connectivity index (χ2n) is 11.4. The van der Waals surface area contributed by atoms with E-state index in [9.17, 15) is 23.1 Å². The van der Waals surface area contributed by atoms with E-state index in [-0.39, 0.29) is 17.6 Å². The molecule has 1 saturated heterocycles. The maximum Gasteiger partial charge on any atom is 0.306 e. The van der Waals surface area contributed by atoms with Crippen LogP contribution in [0.4, 0.5) is 0 Å². The maximum absolute atomic E-state index is 14.1. The predicted molar refractivity (Wildman–Crippen MR) is 148 cm³/mol. The molecular formula is C28H35Cl2NO6S. The van der Waals surface area contributed by atoms with Gasteiger partial charge in [0, 0.05) is 22.0 Å². The van der Waals surface area contributed by atoms with E-state index in [0.29, 0.717) is 22.0 Å². The number of benzene rings is 1. The van der Waals surface area contributed by atoms with Gasteiger partial charge in [0.1, 0.15) is 12.2 Å². The largest absolute Gasteiger partial charge is 0.481 e. The first kappa shape index (κ1) is 29.1. The first-order valence-corrected chi connectivity index (χ1v) is 15.4. The molecule has 0 radical (unpaired) electrons. The fraction of sp³-hybridized carbons (Fsp3) is 0.571. The fourth-order valence-corrected chi connectivity index (χ4v) is 7.19. The lowest BCUT2D eigenvalue weighted by Crippen LogP contribution is -2.64. The van der Waals surface area contributed by atoms with Gasteiger partial charge in [0.25, 0.3) is 5.91 Å². The number of carboxylic acid groups (broad SMARTS) is 1. The Balaban J connectivity index is 1.87. The Labute approximate surface area is 234 Å². The lowest BCUT2D eigenvalue weighted by atomic mass is 9.76. The molecule has 1 heterocycles. The number of carboxylic acids is 1. The lowest BCUT2D eigenvalue weighted by Gasteiger charge is -2.53. The van der Waals surface area contributed by atoms with Gasteiger partial charge in [0.2, 0.25) is 0 Å². The molecule has 1 aromatic rings. The fourth-order valence-electron chi connectivity index (χ4n) is 5.45. The van der Waals surface area contributed by atoms with Crippen LogP contribution in [0.5, 0.6) is 0 Å². The number of allylic oxidation sites excluding steroid dienone is 3. The molecule has 0 bridgehead atoms. The van der Waals surface area contributed by atoms with Crippen LogP contribution in [0.25, 0.3) is 0 Å². The van der Waals surface area contributed by atoms with E-state index in [1.54, 1.807) is 49.9 Å². The second kappa shape index (κ2) is 11.3. The van der Waals surface area contributed by atoms with Crippen LogP contribution in [-0.2, 0) is 24.2 Å². The number of hydrogen-bond acceptors (Lipinski definition) is 5. The number of halogens is 2. The van der Waals surface area contributed by atoms with Gasteiger partial charge in [-0.3, -0.25) is 9.59 Å². The summed E-state index contributed by atoms with van der Waals surface area (Å²) in [5.41, 5.74) is 0.704. The number of hydrogen-bond donors (Lipinski definition) is 1. The Morgan fingerprint density at radius 1 is 1.24 bits per heavy atom. The van der Waals surface area contributed by atoms with E-state index < -0.39 is 57.2 Å². The Morgan fingerprint density at radius 2 is 1.95 bits per heavy atom. The Bertz CT molecular complexity index is 1230. The first-order chi connectivity index (χ1) is 17.8. The topological polar surface area (TPSA) is 101 Å². The molecule has 5 atom stereocenters. The van der Waals surface area contributed by atoms with E-state index in [4.69, 9.17) is 27.9 Å². The van der Waals surface area contributed by atoms with Crippen LogP contribution >= 0.6 is 23.2 Å².